The summed E-state index contributed by atoms with van der Waals surface area (Å²) in [7, 11) is 0. The van der Waals surface area contributed by atoms with Crippen molar-refractivity contribution < 1.29 is 4.79 Å². The fourth-order valence-corrected chi connectivity index (χ4v) is 1.95. The first-order valence-corrected chi connectivity index (χ1v) is 5.99. The van der Waals surface area contributed by atoms with Gasteiger partial charge in [-0.25, -0.2) is 0 Å². The van der Waals surface area contributed by atoms with Crippen LogP contribution in [0.25, 0.3) is 5.57 Å². The molecule has 3 heteroatoms. The van der Waals surface area contributed by atoms with E-state index in [2.05, 4.69) is 29.3 Å². The van der Waals surface area contributed by atoms with Crippen molar-refractivity contribution in [1.29, 1.82) is 0 Å². The molecule has 1 aromatic carbocycles. The van der Waals surface area contributed by atoms with Gasteiger partial charge in [0.1, 0.15) is 0 Å². The van der Waals surface area contributed by atoms with Gasteiger partial charge in [0.25, 0.3) is 0 Å². The van der Waals surface area contributed by atoms with Gasteiger partial charge in [-0.1, -0.05) is 36.9 Å². The predicted octanol–water partition coefficient (Wildman–Crippen LogP) is 1.57. The fourth-order valence-electron chi connectivity index (χ4n) is 1.95. The van der Waals surface area contributed by atoms with Gasteiger partial charge in [-0.3, -0.25) is 4.79 Å². The van der Waals surface area contributed by atoms with Crippen molar-refractivity contribution >= 4 is 11.5 Å². The SMILES string of the molecule is C=C(CNC1CCC(=O)NC1)c1ccccc1. The summed E-state index contributed by atoms with van der Waals surface area (Å²) in [5.41, 5.74) is 2.25. The lowest BCUT2D eigenvalue weighted by Crippen LogP contribution is -2.46. The third-order valence-electron chi connectivity index (χ3n) is 3.05. The minimum Gasteiger partial charge on any atom is -0.355 e. The summed E-state index contributed by atoms with van der Waals surface area (Å²) in [4.78, 5) is 11.0. The molecular weight excluding hydrogens is 212 g/mol. The van der Waals surface area contributed by atoms with Crippen molar-refractivity contribution in [3.05, 3.63) is 42.5 Å². The molecule has 1 aromatic rings. The molecule has 1 atom stereocenters. The molecule has 90 valence electrons. The molecule has 1 aliphatic heterocycles. The lowest BCUT2D eigenvalue weighted by molar-refractivity contribution is -0.122. The zero-order chi connectivity index (χ0) is 12.1. The maximum absolute atomic E-state index is 11.0. The molecule has 1 fully saturated rings. The van der Waals surface area contributed by atoms with E-state index in [1.807, 2.05) is 18.2 Å². The van der Waals surface area contributed by atoms with Crippen LogP contribution < -0.4 is 10.6 Å². The highest BCUT2D eigenvalue weighted by Gasteiger charge is 2.17. The molecule has 1 aliphatic rings. The topological polar surface area (TPSA) is 41.1 Å². The highest BCUT2D eigenvalue weighted by atomic mass is 16.1. The smallest absolute Gasteiger partial charge is 0.220 e. The molecule has 3 nitrogen and oxygen atoms in total. The maximum Gasteiger partial charge on any atom is 0.220 e. The van der Waals surface area contributed by atoms with Gasteiger partial charge in [-0.15, -0.1) is 0 Å². The Hall–Kier alpha value is -1.61. The third-order valence-corrected chi connectivity index (χ3v) is 3.05. The van der Waals surface area contributed by atoms with Crippen molar-refractivity contribution in [1.82, 2.24) is 10.6 Å². The molecule has 1 saturated heterocycles. The quantitative estimate of drug-likeness (QED) is 0.824. The second-order valence-corrected chi connectivity index (χ2v) is 4.39. The summed E-state index contributed by atoms with van der Waals surface area (Å²) in [5, 5.41) is 6.29. The lowest BCUT2D eigenvalue weighted by atomic mass is 10.0. The fraction of sp³-hybridized carbons (Fsp3) is 0.357. The third kappa shape index (κ3) is 3.43. The summed E-state index contributed by atoms with van der Waals surface area (Å²) in [6.45, 7) is 5.57. The summed E-state index contributed by atoms with van der Waals surface area (Å²) in [5.74, 6) is 0.157. The number of amides is 1. The molecule has 0 radical (unpaired) electrons. The van der Waals surface area contributed by atoms with Crippen molar-refractivity contribution in [3.8, 4) is 0 Å². The summed E-state index contributed by atoms with van der Waals surface area (Å²) in [6.07, 6.45) is 1.53. The first-order valence-electron chi connectivity index (χ1n) is 5.99. The van der Waals surface area contributed by atoms with Gasteiger partial charge in [-0.05, 0) is 17.6 Å². The Balaban J connectivity index is 1.79. The van der Waals surface area contributed by atoms with Crippen LogP contribution in [0.3, 0.4) is 0 Å². The number of carbonyl (C=O) groups excluding carboxylic acids is 1. The average molecular weight is 230 g/mol. The second kappa shape index (κ2) is 5.64. The Morgan fingerprint density at radius 1 is 1.41 bits per heavy atom. The van der Waals surface area contributed by atoms with E-state index >= 15 is 0 Å². The van der Waals surface area contributed by atoms with Crippen LogP contribution in [-0.2, 0) is 4.79 Å². The number of hydrogen-bond acceptors (Lipinski definition) is 2. The molecule has 0 bridgehead atoms. The normalized spacial score (nSPS) is 19.8. The average Bonchev–Trinajstić information content (AvgIpc) is 2.39. The van der Waals surface area contributed by atoms with Gasteiger partial charge in [0, 0.05) is 25.6 Å². The van der Waals surface area contributed by atoms with Gasteiger partial charge in [0.2, 0.25) is 5.91 Å². The second-order valence-electron chi connectivity index (χ2n) is 4.39. The number of piperidine rings is 1. The summed E-state index contributed by atoms with van der Waals surface area (Å²) >= 11 is 0. The van der Waals surface area contributed by atoms with Crippen LogP contribution in [0, 0.1) is 0 Å². The van der Waals surface area contributed by atoms with Crippen LogP contribution in [0.2, 0.25) is 0 Å². The first kappa shape index (κ1) is 11.9. The van der Waals surface area contributed by atoms with Crippen molar-refractivity contribution in [3.63, 3.8) is 0 Å². The molecule has 0 aliphatic carbocycles. The Kier molecular flexibility index (Phi) is 3.94. The zero-order valence-electron chi connectivity index (χ0n) is 9.91. The van der Waals surface area contributed by atoms with Crippen LogP contribution in [0.4, 0.5) is 0 Å². The Labute approximate surface area is 102 Å². The van der Waals surface area contributed by atoms with E-state index in [4.69, 9.17) is 0 Å². The number of hydrogen-bond donors (Lipinski definition) is 2. The van der Waals surface area contributed by atoms with E-state index in [1.165, 1.54) is 5.56 Å². The van der Waals surface area contributed by atoms with E-state index in [-0.39, 0.29) is 5.91 Å². The summed E-state index contributed by atoms with van der Waals surface area (Å²) < 4.78 is 0. The van der Waals surface area contributed by atoms with Crippen LogP contribution in [0.15, 0.2) is 36.9 Å². The predicted molar refractivity (Wildman–Crippen MR) is 69.5 cm³/mol. The van der Waals surface area contributed by atoms with Gasteiger partial charge >= 0.3 is 0 Å². The standard InChI is InChI=1S/C14H18N2O/c1-11(12-5-3-2-4-6-12)9-15-13-7-8-14(17)16-10-13/h2-6,13,15H,1,7-10H2,(H,16,17). The molecule has 2 N–H and O–H groups in total. The Morgan fingerprint density at radius 3 is 2.82 bits per heavy atom. The molecule has 0 saturated carbocycles. The molecule has 17 heavy (non-hydrogen) atoms. The van der Waals surface area contributed by atoms with Crippen LogP contribution in [0.5, 0.6) is 0 Å². The van der Waals surface area contributed by atoms with Crippen molar-refractivity contribution in [2.24, 2.45) is 0 Å². The number of nitrogens with one attached hydrogen (secondary N) is 2. The Morgan fingerprint density at radius 2 is 2.18 bits per heavy atom. The molecule has 1 amide bonds. The van der Waals surface area contributed by atoms with E-state index in [9.17, 15) is 4.79 Å². The van der Waals surface area contributed by atoms with E-state index in [0.717, 1.165) is 25.1 Å². The van der Waals surface area contributed by atoms with E-state index in [1.54, 1.807) is 0 Å². The number of benzene rings is 1. The van der Waals surface area contributed by atoms with Crippen LogP contribution in [0.1, 0.15) is 18.4 Å². The van der Waals surface area contributed by atoms with Gasteiger partial charge < -0.3 is 10.6 Å². The van der Waals surface area contributed by atoms with Crippen molar-refractivity contribution in [2.75, 3.05) is 13.1 Å². The van der Waals surface area contributed by atoms with Crippen LogP contribution in [-0.4, -0.2) is 25.0 Å². The monoisotopic (exact) mass is 230 g/mol. The van der Waals surface area contributed by atoms with E-state index < -0.39 is 0 Å². The minimum absolute atomic E-state index is 0.157. The van der Waals surface area contributed by atoms with Gasteiger partial charge in [0.05, 0.1) is 0 Å². The molecule has 1 heterocycles. The lowest BCUT2D eigenvalue weighted by Gasteiger charge is -2.24. The molecule has 0 aromatic heterocycles. The highest BCUT2D eigenvalue weighted by Crippen LogP contribution is 2.11. The number of rotatable bonds is 4. The minimum atomic E-state index is 0.157. The largest absolute Gasteiger partial charge is 0.355 e. The summed E-state index contributed by atoms with van der Waals surface area (Å²) in [6, 6.07) is 10.5. The number of carbonyl (C=O) groups is 1. The van der Waals surface area contributed by atoms with Crippen molar-refractivity contribution in [2.45, 2.75) is 18.9 Å². The maximum atomic E-state index is 11.0. The van der Waals surface area contributed by atoms with Gasteiger partial charge in [-0.2, -0.15) is 0 Å². The molecular formula is C14H18N2O. The molecule has 0 spiro atoms. The zero-order valence-corrected chi connectivity index (χ0v) is 9.91. The highest BCUT2D eigenvalue weighted by molar-refractivity contribution is 5.76. The van der Waals surface area contributed by atoms with E-state index in [0.29, 0.717) is 12.5 Å². The van der Waals surface area contributed by atoms with Crippen LogP contribution >= 0.6 is 0 Å². The van der Waals surface area contributed by atoms with Gasteiger partial charge in [0.15, 0.2) is 0 Å². The first-order chi connectivity index (χ1) is 8.25. The molecule has 1 unspecified atom stereocenters. The molecule has 2 rings (SSSR count). The Bertz CT molecular complexity index is 390.